The van der Waals surface area contributed by atoms with Gasteiger partial charge < -0.3 is 24.4 Å². The van der Waals surface area contributed by atoms with Gasteiger partial charge >= 0.3 is 17.7 Å². The topological polar surface area (TPSA) is 102 Å². The third-order valence-corrected chi connectivity index (χ3v) is 3.67. The van der Waals surface area contributed by atoms with Gasteiger partial charge in [-0.25, -0.2) is 9.59 Å². The van der Waals surface area contributed by atoms with Crippen molar-refractivity contribution >= 4 is 22.2 Å². The summed E-state index contributed by atoms with van der Waals surface area (Å²) in [4.78, 5) is 22.9. The monoisotopic (exact) mass is 280 g/mol. The Morgan fingerprint density at radius 2 is 1.56 bits per heavy atom. The van der Waals surface area contributed by atoms with E-state index in [1.165, 1.54) is 0 Å². The van der Waals surface area contributed by atoms with Crippen molar-refractivity contribution in [2.75, 3.05) is 21.3 Å². The molecule has 0 amide bonds. The maximum Gasteiger partial charge on any atom is 0.368 e. The van der Waals surface area contributed by atoms with E-state index in [1.807, 2.05) is 0 Å². The highest BCUT2D eigenvalue weighted by Gasteiger charge is 2.64. The first kappa shape index (κ1) is 17.0. The van der Waals surface area contributed by atoms with E-state index in [1.54, 1.807) is 0 Å². The van der Waals surface area contributed by atoms with Crippen LogP contribution in [0.15, 0.2) is 0 Å². The van der Waals surface area contributed by atoms with E-state index >= 15 is 0 Å². The highest BCUT2D eigenvalue weighted by Crippen LogP contribution is 2.35. The van der Waals surface area contributed by atoms with Crippen LogP contribution in [0.5, 0.6) is 0 Å². The van der Waals surface area contributed by atoms with E-state index in [9.17, 15) is 19.8 Å². The molecule has 1 atom stereocenters. The molecule has 8 heteroatoms. The van der Waals surface area contributed by atoms with Crippen molar-refractivity contribution in [1.29, 1.82) is 0 Å². The van der Waals surface area contributed by atoms with Crippen LogP contribution in [-0.2, 0) is 23.8 Å². The number of hydrogen-bond donors (Lipinski definition) is 2. The minimum Gasteiger partial charge on any atom is -0.479 e. The summed E-state index contributed by atoms with van der Waals surface area (Å²) in [6.07, 6.45) is 0.518. The van der Waals surface area contributed by atoms with Crippen LogP contribution in [0.2, 0.25) is 6.04 Å². The third kappa shape index (κ3) is 2.56. The number of carbonyl (C=O) groups is 2. The van der Waals surface area contributed by atoms with Crippen LogP contribution in [0.25, 0.3) is 0 Å². The van der Waals surface area contributed by atoms with Crippen LogP contribution in [0.4, 0.5) is 0 Å². The molecule has 106 valence electrons. The first-order valence-electron chi connectivity index (χ1n) is 5.50. The second-order valence-electron chi connectivity index (χ2n) is 3.77. The Morgan fingerprint density at radius 3 is 1.78 bits per heavy atom. The van der Waals surface area contributed by atoms with E-state index in [-0.39, 0.29) is 6.42 Å². The molecular formula is C10H20O7Si. The second kappa shape index (κ2) is 6.83. The highest BCUT2D eigenvalue weighted by molar-refractivity contribution is 6.08. The standard InChI is InChI=1S/C10H20O7Si/c1-15-9(7(11)12,5-4-6-18)10(16-2,17-3)8(13)14/h4-6H2,1-3,18H3,(H,11,12)(H,13,14). The number of methoxy groups -OCH3 is 3. The van der Waals surface area contributed by atoms with E-state index in [0.717, 1.165) is 37.6 Å². The van der Waals surface area contributed by atoms with Gasteiger partial charge in [-0.05, 0) is 6.42 Å². The molecule has 2 N–H and O–H groups in total. The largest absolute Gasteiger partial charge is 0.479 e. The van der Waals surface area contributed by atoms with Crippen LogP contribution in [0.3, 0.4) is 0 Å². The zero-order chi connectivity index (χ0) is 14.4. The van der Waals surface area contributed by atoms with Crippen molar-refractivity contribution in [3.05, 3.63) is 0 Å². The predicted molar refractivity (Wildman–Crippen MR) is 65.7 cm³/mol. The van der Waals surface area contributed by atoms with E-state index < -0.39 is 23.3 Å². The van der Waals surface area contributed by atoms with Crippen molar-refractivity contribution in [3.8, 4) is 0 Å². The Bertz CT molecular complexity index is 303. The first-order chi connectivity index (χ1) is 8.38. The van der Waals surface area contributed by atoms with Crippen LogP contribution in [-0.4, -0.2) is 65.1 Å². The van der Waals surface area contributed by atoms with E-state index in [2.05, 4.69) is 0 Å². The zero-order valence-corrected chi connectivity index (χ0v) is 13.1. The van der Waals surface area contributed by atoms with Crippen LogP contribution in [0.1, 0.15) is 12.8 Å². The van der Waals surface area contributed by atoms with Gasteiger partial charge in [0.15, 0.2) is 0 Å². The number of aliphatic carboxylic acids is 2. The fourth-order valence-electron chi connectivity index (χ4n) is 1.92. The molecule has 0 bridgehead atoms. The Balaban J connectivity index is 5.76. The molecule has 0 aliphatic heterocycles. The summed E-state index contributed by atoms with van der Waals surface area (Å²) in [5.74, 6) is -5.33. The molecule has 0 aromatic carbocycles. The van der Waals surface area contributed by atoms with Crippen molar-refractivity contribution in [3.63, 3.8) is 0 Å². The lowest BCUT2D eigenvalue weighted by atomic mass is 9.87. The maximum absolute atomic E-state index is 11.5. The SMILES string of the molecule is COC(CCC[SiH3])(C(=O)O)C(OC)(OC)C(=O)O. The summed E-state index contributed by atoms with van der Waals surface area (Å²) in [5, 5.41) is 18.6. The van der Waals surface area contributed by atoms with Crippen LogP contribution < -0.4 is 0 Å². The molecule has 0 fully saturated rings. The summed E-state index contributed by atoms with van der Waals surface area (Å²) in [7, 11) is 4.18. The fraction of sp³-hybridized carbons (Fsp3) is 0.800. The molecule has 0 heterocycles. The molecule has 0 radical (unpaired) electrons. The Labute approximate surface area is 108 Å². The molecule has 0 rings (SSSR count). The summed E-state index contributed by atoms with van der Waals surface area (Å²) in [6, 6.07) is 0.821. The molecule has 0 aliphatic carbocycles. The summed E-state index contributed by atoms with van der Waals surface area (Å²) >= 11 is 0. The molecule has 0 spiro atoms. The van der Waals surface area contributed by atoms with Gasteiger partial charge in [-0.2, -0.15) is 0 Å². The molecule has 1 unspecified atom stereocenters. The molecule has 0 saturated heterocycles. The number of hydrogen-bond acceptors (Lipinski definition) is 5. The van der Waals surface area contributed by atoms with Gasteiger partial charge in [-0.3, -0.25) is 0 Å². The average molecular weight is 280 g/mol. The Hall–Kier alpha value is -0.963. The predicted octanol–water partition coefficient (Wildman–Crippen LogP) is -0.906. The van der Waals surface area contributed by atoms with Gasteiger partial charge in [0.2, 0.25) is 5.60 Å². The van der Waals surface area contributed by atoms with E-state index in [0.29, 0.717) is 6.42 Å². The number of carboxylic acids is 2. The maximum atomic E-state index is 11.5. The third-order valence-electron chi connectivity index (χ3n) is 2.96. The van der Waals surface area contributed by atoms with Crippen molar-refractivity contribution in [2.24, 2.45) is 0 Å². The van der Waals surface area contributed by atoms with Crippen molar-refractivity contribution in [1.82, 2.24) is 0 Å². The van der Waals surface area contributed by atoms with Crippen LogP contribution >= 0.6 is 0 Å². The van der Waals surface area contributed by atoms with Gasteiger partial charge in [0.1, 0.15) is 0 Å². The minimum atomic E-state index is -2.37. The lowest BCUT2D eigenvalue weighted by molar-refractivity contribution is -0.298. The fourth-order valence-corrected chi connectivity index (χ4v) is 2.28. The number of ether oxygens (including phenoxy) is 3. The first-order valence-corrected chi connectivity index (χ1v) is 6.92. The van der Waals surface area contributed by atoms with Gasteiger partial charge in [-0.15, -0.1) is 0 Å². The molecule has 0 saturated carbocycles. The number of carboxylic acid groups (broad SMARTS) is 2. The van der Waals surface area contributed by atoms with E-state index in [4.69, 9.17) is 14.2 Å². The zero-order valence-electron chi connectivity index (χ0n) is 11.1. The molecular weight excluding hydrogens is 260 g/mol. The van der Waals surface area contributed by atoms with Crippen molar-refractivity contribution in [2.45, 2.75) is 30.3 Å². The van der Waals surface area contributed by atoms with Gasteiger partial charge in [0, 0.05) is 31.6 Å². The van der Waals surface area contributed by atoms with Gasteiger partial charge in [-0.1, -0.05) is 12.5 Å². The summed E-state index contributed by atoms with van der Waals surface area (Å²) in [6.45, 7) is 0. The number of rotatable bonds is 9. The van der Waals surface area contributed by atoms with Crippen LogP contribution in [0, 0.1) is 0 Å². The van der Waals surface area contributed by atoms with Gasteiger partial charge in [0.25, 0.3) is 0 Å². The molecule has 18 heavy (non-hydrogen) atoms. The van der Waals surface area contributed by atoms with Gasteiger partial charge in [0.05, 0.1) is 0 Å². The van der Waals surface area contributed by atoms with Crippen molar-refractivity contribution < 1.29 is 34.0 Å². The Kier molecular flexibility index (Phi) is 6.47. The lowest BCUT2D eigenvalue weighted by Crippen LogP contribution is -2.66. The molecule has 0 aliphatic rings. The average Bonchev–Trinajstić information content (AvgIpc) is 2.34. The molecule has 7 nitrogen and oxygen atoms in total. The highest BCUT2D eigenvalue weighted by atomic mass is 28.1. The smallest absolute Gasteiger partial charge is 0.368 e. The Morgan fingerprint density at radius 1 is 1.06 bits per heavy atom. The normalized spacial score (nSPS) is 15.3. The second-order valence-corrected chi connectivity index (χ2v) is 4.77. The minimum absolute atomic E-state index is 0.00366. The quantitative estimate of drug-likeness (QED) is 0.416. The lowest BCUT2D eigenvalue weighted by Gasteiger charge is -2.41. The molecule has 0 aromatic rings. The summed E-state index contributed by atoms with van der Waals surface area (Å²) in [5.41, 5.74) is -2.08. The molecule has 0 aromatic heterocycles. The summed E-state index contributed by atoms with van der Waals surface area (Å²) < 4.78 is 14.7.